The fourth-order valence-corrected chi connectivity index (χ4v) is 6.18. The van der Waals surface area contributed by atoms with Crippen LogP contribution in [0.25, 0.3) is 22.2 Å². The molecule has 2 aliphatic rings. The zero-order valence-electron chi connectivity index (χ0n) is 22.3. The lowest BCUT2D eigenvalue weighted by atomic mass is 9.86. The van der Waals surface area contributed by atoms with Crippen LogP contribution < -0.4 is 5.49 Å². The number of aromatic amines is 2. The molecule has 0 atom stereocenters. The van der Waals surface area contributed by atoms with Gasteiger partial charge in [0.05, 0.1) is 5.69 Å². The number of ether oxygens (including phenoxy) is 1. The van der Waals surface area contributed by atoms with Crippen molar-refractivity contribution in [3.63, 3.8) is 0 Å². The number of hydrogen-bond donors (Lipinski definition) is 3. The fourth-order valence-electron chi connectivity index (χ4n) is 6.18. The molecular formula is C30H41N5O. The summed E-state index contributed by atoms with van der Waals surface area (Å²) in [6.07, 6.45) is 7.75. The molecule has 1 aromatic carbocycles. The van der Waals surface area contributed by atoms with Crippen LogP contribution in [0.1, 0.15) is 81.9 Å². The highest BCUT2D eigenvalue weighted by molar-refractivity contribution is 5.92. The monoisotopic (exact) mass is 487 g/mol. The molecule has 6 heteroatoms. The molecule has 4 heterocycles. The van der Waals surface area contributed by atoms with E-state index in [1.54, 1.807) is 6.92 Å². The van der Waals surface area contributed by atoms with E-state index >= 15 is 0 Å². The molecule has 2 aromatic heterocycles. The van der Waals surface area contributed by atoms with Crippen molar-refractivity contribution in [1.82, 2.24) is 14.9 Å². The molecule has 6 nitrogen and oxygen atoms in total. The Bertz CT molecular complexity index is 1290. The molecule has 0 saturated carbocycles. The molecule has 3 N–H and O–H groups in total. The van der Waals surface area contributed by atoms with Crippen LogP contribution in [0, 0.1) is 5.41 Å². The largest absolute Gasteiger partial charge is 0.381 e. The van der Waals surface area contributed by atoms with Gasteiger partial charge >= 0.3 is 0 Å². The first-order chi connectivity index (χ1) is 17.4. The molecule has 3 aromatic rings. The van der Waals surface area contributed by atoms with E-state index in [4.69, 9.17) is 10.1 Å². The number of amidine groups is 1. The third-order valence-electron chi connectivity index (χ3n) is 8.10. The van der Waals surface area contributed by atoms with Gasteiger partial charge in [0.2, 0.25) is 0 Å². The van der Waals surface area contributed by atoms with Gasteiger partial charge in [0.1, 0.15) is 11.3 Å². The van der Waals surface area contributed by atoms with E-state index in [1.807, 2.05) is 6.20 Å². The van der Waals surface area contributed by atoms with Gasteiger partial charge in [0.25, 0.3) is 0 Å². The average Bonchev–Trinajstić information content (AvgIpc) is 3.28. The number of fused-ring (bicyclic) bond motifs is 1. The van der Waals surface area contributed by atoms with Crippen LogP contribution in [-0.2, 0) is 11.2 Å². The SMILES string of the molecule is CCc1cc(-c2[nH]c3ccc(C4CCN(C5CCOCC5)CC4)cc3c2C(C)C)c[nH]/c1=N\C(C)=N. The lowest BCUT2D eigenvalue weighted by Crippen LogP contribution is -2.43. The number of piperidine rings is 1. The van der Waals surface area contributed by atoms with Crippen LogP contribution in [0.2, 0.25) is 0 Å². The zero-order valence-corrected chi connectivity index (χ0v) is 22.3. The van der Waals surface area contributed by atoms with Crippen molar-refractivity contribution in [2.75, 3.05) is 26.3 Å². The highest BCUT2D eigenvalue weighted by Gasteiger charge is 2.27. The molecule has 0 spiro atoms. The summed E-state index contributed by atoms with van der Waals surface area (Å²) < 4.78 is 5.58. The number of aromatic nitrogens is 2. The summed E-state index contributed by atoms with van der Waals surface area (Å²) >= 11 is 0. The summed E-state index contributed by atoms with van der Waals surface area (Å²) in [6, 6.07) is 10.0. The highest BCUT2D eigenvalue weighted by atomic mass is 16.5. The smallest absolute Gasteiger partial charge is 0.135 e. The number of benzene rings is 1. The molecule has 2 saturated heterocycles. The van der Waals surface area contributed by atoms with Crippen LogP contribution in [0.15, 0.2) is 35.5 Å². The maximum atomic E-state index is 7.75. The molecule has 36 heavy (non-hydrogen) atoms. The van der Waals surface area contributed by atoms with Gasteiger partial charge in [-0.3, -0.25) is 5.41 Å². The highest BCUT2D eigenvalue weighted by Crippen LogP contribution is 2.38. The molecule has 0 unspecified atom stereocenters. The molecule has 0 radical (unpaired) electrons. The minimum absolute atomic E-state index is 0.313. The number of H-pyrrole nitrogens is 2. The van der Waals surface area contributed by atoms with E-state index in [0.717, 1.165) is 36.2 Å². The molecule has 0 bridgehead atoms. The first-order valence-electron chi connectivity index (χ1n) is 13.7. The molecule has 0 amide bonds. The Balaban J connectivity index is 1.45. The van der Waals surface area contributed by atoms with Crippen molar-refractivity contribution < 1.29 is 4.74 Å². The topological polar surface area (TPSA) is 80.3 Å². The average molecular weight is 488 g/mol. The van der Waals surface area contributed by atoms with Gasteiger partial charge < -0.3 is 19.6 Å². The van der Waals surface area contributed by atoms with E-state index in [9.17, 15) is 0 Å². The van der Waals surface area contributed by atoms with Gasteiger partial charge in [-0.2, -0.15) is 0 Å². The lowest BCUT2D eigenvalue weighted by molar-refractivity contribution is 0.0252. The molecule has 0 aliphatic carbocycles. The summed E-state index contributed by atoms with van der Waals surface area (Å²) in [5.41, 5.74) is 8.33. The Morgan fingerprint density at radius 1 is 1.14 bits per heavy atom. The number of nitrogens with zero attached hydrogens (tertiary/aromatic N) is 2. The van der Waals surface area contributed by atoms with Crippen LogP contribution in [-0.4, -0.2) is 53.0 Å². The van der Waals surface area contributed by atoms with Crippen molar-refractivity contribution in [3.8, 4) is 11.3 Å². The quantitative estimate of drug-likeness (QED) is 0.300. The Morgan fingerprint density at radius 3 is 2.56 bits per heavy atom. The van der Waals surface area contributed by atoms with Crippen molar-refractivity contribution in [2.45, 2.75) is 77.7 Å². The second-order valence-electron chi connectivity index (χ2n) is 10.8. The summed E-state index contributed by atoms with van der Waals surface area (Å²) in [7, 11) is 0. The van der Waals surface area contributed by atoms with Gasteiger partial charge in [-0.15, -0.1) is 0 Å². The maximum Gasteiger partial charge on any atom is 0.135 e. The zero-order chi connectivity index (χ0) is 25.2. The van der Waals surface area contributed by atoms with Gasteiger partial charge in [-0.25, -0.2) is 4.99 Å². The Labute approximate surface area is 214 Å². The normalized spacial score (nSPS) is 19.0. The van der Waals surface area contributed by atoms with Crippen molar-refractivity contribution >= 4 is 16.7 Å². The first kappa shape index (κ1) is 25.0. The number of pyridine rings is 1. The number of rotatable bonds is 5. The summed E-state index contributed by atoms with van der Waals surface area (Å²) in [4.78, 5) is 14.2. The summed E-state index contributed by atoms with van der Waals surface area (Å²) in [5.74, 6) is 1.35. The number of nitrogens with one attached hydrogen (secondary N) is 3. The second kappa shape index (κ2) is 10.7. The third-order valence-corrected chi connectivity index (χ3v) is 8.10. The van der Waals surface area contributed by atoms with Crippen LogP contribution in [0.4, 0.5) is 0 Å². The van der Waals surface area contributed by atoms with E-state index in [2.05, 4.69) is 64.9 Å². The third kappa shape index (κ3) is 5.07. The van der Waals surface area contributed by atoms with E-state index in [-0.39, 0.29) is 0 Å². The van der Waals surface area contributed by atoms with Crippen LogP contribution >= 0.6 is 0 Å². The standard InChI is InChI=1S/C30H41N5O/c1-5-21-16-24(18-32-30(21)33-20(4)31)29-28(19(2)3)26-17-23(6-7-27(26)34-29)22-8-12-35(13-9-22)25-10-14-36-15-11-25/h6-7,16-19,22,25,34H,5,8-15H2,1-4H3,(H2,31,32,33). The molecule has 2 aliphatic heterocycles. The number of aryl methyl sites for hydroxylation is 1. The second-order valence-corrected chi connectivity index (χ2v) is 10.8. The summed E-state index contributed by atoms with van der Waals surface area (Å²) in [5, 5.41) is 9.11. The molecular weight excluding hydrogens is 446 g/mol. The number of hydrogen-bond acceptors (Lipinski definition) is 3. The van der Waals surface area contributed by atoms with E-state index < -0.39 is 0 Å². The molecule has 2 fully saturated rings. The van der Waals surface area contributed by atoms with E-state index in [0.29, 0.717) is 23.7 Å². The molecule has 192 valence electrons. The minimum atomic E-state index is 0.313. The van der Waals surface area contributed by atoms with Crippen LogP contribution in [0.5, 0.6) is 0 Å². The van der Waals surface area contributed by atoms with Gasteiger partial charge in [-0.1, -0.05) is 26.8 Å². The predicted octanol–water partition coefficient (Wildman–Crippen LogP) is 6.11. The fraction of sp³-hybridized carbons (Fsp3) is 0.533. The molecule has 5 rings (SSSR count). The maximum absolute atomic E-state index is 7.75. The van der Waals surface area contributed by atoms with Crippen molar-refractivity contribution in [3.05, 3.63) is 52.6 Å². The Kier molecular flexibility index (Phi) is 7.44. The van der Waals surface area contributed by atoms with Crippen molar-refractivity contribution in [2.24, 2.45) is 4.99 Å². The Hall–Kier alpha value is -2.70. The summed E-state index contributed by atoms with van der Waals surface area (Å²) in [6.45, 7) is 12.7. The van der Waals surface area contributed by atoms with Gasteiger partial charge in [-0.05, 0) is 98.8 Å². The predicted molar refractivity (Wildman–Crippen MR) is 148 cm³/mol. The van der Waals surface area contributed by atoms with E-state index in [1.165, 1.54) is 66.5 Å². The van der Waals surface area contributed by atoms with Crippen LogP contribution in [0.3, 0.4) is 0 Å². The lowest BCUT2D eigenvalue weighted by Gasteiger charge is -2.39. The first-order valence-corrected chi connectivity index (χ1v) is 13.7. The Morgan fingerprint density at radius 2 is 1.89 bits per heavy atom. The number of likely N-dealkylation sites (tertiary alicyclic amines) is 1. The van der Waals surface area contributed by atoms with Crippen molar-refractivity contribution in [1.29, 1.82) is 5.41 Å². The van der Waals surface area contributed by atoms with Gasteiger partial charge in [0.15, 0.2) is 0 Å². The van der Waals surface area contributed by atoms with Gasteiger partial charge in [0, 0.05) is 41.9 Å². The minimum Gasteiger partial charge on any atom is -0.381 e.